The first kappa shape index (κ1) is 30.9. The molecule has 2 aromatic heterocycles. The van der Waals surface area contributed by atoms with Crippen molar-refractivity contribution in [3.63, 3.8) is 0 Å². The summed E-state index contributed by atoms with van der Waals surface area (Å²) < 4.78 is 12.9. The van der Waals surface area contributed by atoms with Crippen LogP contribution < -0.4 is 10.6 Å². The summed E-state index contributed by atoms with van der Waals surface area (Å²) in [6.07, 6.45) is 0. The van der Waals surface area contributed by atoms with Crippen LogP contribution in [0.5, 0.6) is 0 Å². The lowest BCUT2D eigenvalue weighted by atomic mass is 9.88. The van der Waals surface area contributed by atoms with Crippen molar-refractivity contribution in [2.75, 3.05) is 10.6 Å². The van der Waals surface area contributed by atoms with Crippen LogP contribution in [-0.4, -0.2) is 0 Å². The van der Waals surface area contributed by atoms with Gasteiger partial charge in [-0.15, -0.1) is 0 Å². The van der Waals surface area contributed by atoms with E-state index in [1.165, 1.54) is 32.7 Å². The molecule has 2 N–H and O–H groups in total. The van der Waals surface area contributed by atoms with Crippen LogP contribution in [0.1, 0.15) is 0 Å². The van der Waals surface area contributed by atoms with Gasteiger partial charge >= 0.3 is 0 Å². The van der Waals surface area contributed by atoms with Gasteiger partial charge in [-0.05, 0) is 74.6 Å². The maximum atomic E-state index is 6.53. The smallest absolute Gasteiger partial charge is 0.158 e. The minimum Gasteiger partial charge on any atom is -0.454 e. The molecule has 0 saturated heterocycles. The Bertz CT molecular complexity index is 3470. The van der Waals surface area contributed by atoms with Crippen LogP contribution in [0.3, 0.4) is 0 Å². The Morgan fingerprint density at radius 2 is 0.857 bits per heavy atom. The molecule has 12 aromatic rings. The van der Waals surface area contributed by atoms with Gasteiger partial charge in [0.25, 0.3) is 0 Å². The van der Waals surface area contributed by atoms with Crippen LogP contribution in [0.15, 0.2) is 191 Å². The van der Waals surface area contributed by atoms with Crippen molar-refractivity contribution in [1.82, 2.24) is 0 Å². The quantitative estimate of drug-likeness (QED) is 0.168. The van der Waals surface area contributed by atoms with Crippen LogP contribution in [0.25, 0.3) is 98.4 Å². The van der Waals surface area contributed by atoms with Gasteiger partial charge in [0.1, 0.15) is 11.2 Å². The number of hydrogen-bond acceptors (Lipinski definition) is 4. The molecule has 4 heteroatoms. The van der Waals surface area contributed by atoms with Crippen LogP contribution in [0.2, 0.25) is 0 Å². The Balaban J connectivity index is 1.07. The second kappa shape index (κ2) is 12.0. The Hall–Kier alpha value is -7.56. The van der Waals surface area contributed by atoms with E-state index in [1.807, 2.05) is 24.3 Å². The lowest BCUT2D eigenvalue weighted by molar-refractivity contribution is 0.670. The number of nitrogens with one attached hydrogen (secondary N) is 2. The fourth-order valence-electron chi connectivity index (χ4n) is 8.79. The third-order valence-electron chi connectivity index (χ3n) is 11.4. The average Bonchev–Trinajstić information content (AvgIpc) is 3.84. The van der Waals surface area contributed by atoms with Crippen molar-refractivity contribution in [3.05, 3.63) is 182 Å². The van der Waals surface area contributed by atoms with Crippen molar-refractivity contribution < 1.29 is 8.83 Å². The van der Waals surface area contributed by atoms with Crippen LogP contribution >= 0.6 is 0 Å². The number of fused-ring (bicyclic) bond motifs is 6. The van der Waals surface area contributed by atoms with Crippen molar-refractivity contribution in [2.45, 2.75) is 0 Å². The van der Waals surface area contributed by atoms with E-state index < -0.39 is 0 Å². The third kappa shape index (κ3) is 4.66. The topological polar surface area (TPSA) is 50.3 Å². The van der Waals surface area contributed by atoms with Gasteiger partial charge < -0.3 is 19.5 Å². The molecule has 0 saturated carbocycles. The molecule has 0 radical (unpaired) electrons. The summed E-state index contributed by atoms with van der Waals surface area (Å²) in [5, 5.41) is 19.2. The third-order valence-corrected chi connectivity index (χ3v) is 11.4. The van der Waals surface area contributed by atoms with E-state index in [-0.39, 0.29) is 0 Å². The zero-order chi connectivity index (χ0) is 36.7. The monoisotopic (exact) mass is 716 g/mol. The van der Waals surface area contributed by atoms with Gasteiger partial charge in [-0.25, -0.2) is 0 Å². The van der Waals surface area contributed by atoms with Gasteiger partial charge in [0.2, 0.25) is 0 Å². The van der Waals surface area contributed by atoms with E-state index in [0.717, 1.165) is 88.5 Å². The summed E-state index contributed by atoms with van der Waals surface area (Å²) in [6.45, 7) is 0. The van der Waals surface area contributed by atoms with E-state index >= 15 is 0 Å². The zero-order valence-corrected chi connectivity index (χ0v) is 30.1. The Kier molecular flexibility index (Phi) is 6.60. The summed E-state index contributed by atoms with van der Waals surface area (Å²) >= 11 is 0. The second-order valence-electron chi connectivity index (χ2n) is 14.6. The first-order chi connectivity index (χ1) is 27.7. The summed E-state index contributed by atoms with van der Waals surface area (Å²) in [5.74, 6) is 0. The highest BCUT2D eigenvalue weighted by Gasteiger charge is 2.20. The maximum Gasteiger partial charge on any atom is 0.158 e. The van der Waals surface area contributed by atoms with Gasteiger partial charge in [-0.1, -0.05) is 146 Å². The number of furan rings is 2. The van der Waals surface area contributed by atoms with Crippen LogP contribution in [-0.2, 0) is 0 Å². The highest BCUT2D eigenvalue weighted by molar-refractivity contribution is 6.29. The summed E-state index contributed by atoms with van der Waals surface area (Å²) in [7, 11) is 0. The number of benzene rings is 10. The average molecular weight is 717 g/mol. The van der Waals surface area contributed by atoms with Gasteiger partial charge in [-0.2, -0.15) is 0 Å². The minimum absolute atomic E-state index is 0.844. The molecule has 0 unspecified atom stereocenters. The number of rotatable bonds is 6. The van der Waals surface area contributed by atoms with E-state index in [9.17, 15) is 0 Å². The number of hydrogen-bond donors (Lipinski definition) is 2. The lowest BCUT2D eigenvalue weighted by Gasteiger charge is -2.21. The predicted molar refractivity (Wildman–Crippen MR) is 235 cm³/mol. The first-order valence-corrected chi connectivity index (χ1v) is 19.0. The molecule has 0 spiro atoms. The summed E-state index contributed by atoms with van der Waals surface area (Å²) in [4.78, 5) is 0. The molecule has 2 heterocycles. The molecule has 0 aliphatic heterocycles. The molecule has 56 heavy (non-hydrogen) atoms. The molecule has 0 aliphatic rings. The van der Waals surface area contributed by atoms with E-state index in [1.54, 1.807) is 0 Å². The van der Waals surface area contributed by atoms with E-state index in [4.69, 9.17) is 8.83 Å². The molecule has 0 aliphatic carbocycles. The number of para-hydroxylation sites is 4. The second-order valence-corrected chi connectivity index (χ2v) is 14.6. The molecule has 262 valence electrons. The standard InChI is InChI=1S/C52H32N2O2/c1-2-10-31(11-3-1)32-20-22-33(23-21-32)42-30-35-25-27-40-43(53-44-16-8-14-38-36-12-4-6-18-46(36)55-51(38)44)29-26-34-24-28-41(49(35)48(34)40)50(42)54-45-17-9-15-39-37-13-5-7-19-47(37)56-52(39)45/h1-30,53-54H. The van der Waals surface area contributed by atoms with Gasteiger partial charge in [0, 0.05) is 43.6 Å². The van der Waals surface area contributed by atoms with Crippen molar-refractivity contribution in [3.8, 4) is 22.3 Å². The normalized spacial score (nSPS) is 11.9. The zero-order valence-electron chi connectivity index (χ0n) is 30.1. The molecule has 0 fully saturated rings. The van der Waals surface area contributed by atoms with Crippen molar-refractivity contribution >= 4 is 98.9 Å². The van der Waals surface area contributed by atoms with Crippen molar-refractivity contribution in [1.29, 1.82) is 0 Å². The molecule has 12 rings (SSSR count). The molecule has 0 atom stereocenters. The maximum absolute atomic E-state index is 6.53. The van der Waals surface area contributed by atoms with Crippen molar-refractivity contribution in [2.24, 2.45) is 0 Å². The first-order valence-electron chi connectivity index (χ1n) is 19.0. The Morgan fingerprint density at radius 3 is 1.57 bits per heavy atom. The summed E-state index contributed by atoms with van der Waals surface area (Å²) in [6, 6.07) is 64.4. The number of anilines is 4. The Morgan fingerprint density at radius 1 is 0.321 bits per heavy atom. The van der Waals surface area contributed by atoms with E-state index in [0.29, 0.717) is 0 Å². The fraction of sp³-hybridized carbons (Fsp3) is 0. The molecular weight excluding hydrogens is 685 g/mol. The lowest BCUT2D eigenvalue weighted by Crippen LogP contribution is -1.98. The van der Waals surface area contributed by atoms with Gasteiger partial charge in [0.05, 0.1) is 17.1 Å². The van der Waals surface area contributed by atoms with E-state index in [2.05, 4.69) is 168 Å². The minimum atomic E-state index is 0.844. The molecule has 0 amide bonds. The van der Waals surface area contributed by atoms with Gasteiger partial charge in [0.15, 0.2) is 11.2 Å². The Labute approximate surface area is 321 Å². The summed E-state index contributed by atoms with van der Waals surface area (Å²) in [5.41, 5.74) is 12.0. The fourth-order valence-corrected chi connectivity index (χ4v) is 8.79. The SMILES string of the molecule is c1ccc(-c2ccc(-c3cc4ccc5c(Nc6cccc7c6oc6ccccc67)ccc6ccc(c3Nc3cccc7c3oc3ccccc37)c4c65)cc2)cc1. The largest absolute Gasteiger partial charge is 0.454 e. The van der Waals surface area contributed by atoms with Gasteiger partial charge in [-0.3, -0.25) is 0 Å². The van der Waals surface area contributed by atoms with Crippen LogP contribution in [0, 0.1) is 0 Å². The van der Waals surface area contributed by atoms with Crippen LogP contribution in [0.4, 0.5) is 22.7 Å². The molecular formula is C52H32N2O2. The molecule has 4 nitrogen and oxygen atoms in total. The highest BCUT2D eigenvalue weighted by Crippen LogP contribution is 2.47. The molecule has 10 aromatic carbocycles. The predicted octanol–water partition coefficient (Wildman–Crippen LogP) is 15.2. The molecule has 0 bridgehead atoms. The highest BCUT2D eigenvalue weighted by atomic mass is 16.3.